The molecule has 0 aliphatic heterocycles. The van der Waals surface area contributed by atoms with Gasteiger partial charge >= 0.3 is 11.8 Å². The number of carbonyl (C=O) groups excluding carboxylic acids is 1. The van der Waals surface area contributed by atoms with Crippen molar-refractivity contribution < 1.29 is 19.6 Å². The van der Waals surface area contributed by atoms with Gasteiger partial charge in [0.1, 0.15) is 17.1 Å². The molecule has 0 spiro atoms. The maximum Gasteiger partial charge on any atom is 0.389 e. The first-order valence-electron chi connectivity index (χ1n) is 5.55. The lowest BCUT2D eigenvalue weighted by molar-refractivity contribution is -0.389. The van der Waals surface area contributed by atoms with Gasteiger partial charge in [0.2, 0.25) is 5.91 Å². The summed E-state index contributed by atoms with van der Waals surface area (Å²) < 4.78 is 4.94. The van der Waals surface area contributed by atoms with Crippen LogP contribution in [0.3, 0.4) is 0 Å². The third-order valence-electron chi connectivity index (χ3n) is 2.45. The first-order chi connectivity index (χ1) is 9.88. The van der Waals surface area contributed by atoms with Crippen LogP contribution in [0.4, 0.5) is 10.8 Å². The topological polar surface area (TPSA) is 140 Å². The van der Waals surface area contributed by atoms with Gasteiger partial charge in [-0.2, -0.15) is 9.06 Å². The van der Waals surface area contributed by atoms with Gasteiger partial charge in [-0.1, -0.05) is 0 Å². The van der Waals surface area contributed by atoms with Crippen molar-refractivity contribution >= 4 is 34.2 Å². The maximum absolute atomic E-state index is 11.8. The predicted octanol–water partition coefficient (Wildman–Crippen LogP) is 0.893. The Balaban J connectivity index is 2.08. The lowest BCUT2D eigenvalue weighted by Gasteiger charge is -2.02. The zero-order chi connectivity index (χ0) is 15.6. The fraction of sp³-hybridized carbons (Fsp3) is 0.200. The number of carboxylic acid groups (broad SMARTS) is 1. The zero-order valence-electron chi connectivity index (χ0n) is 10.6. The summed E-state index contributed by atoms with van der Waals surface area (Å²) in [6.07, 6.45) is 1.29. The number of aromatic nitrogens is 3. The molecule has 2 heterocycles. The van der Waals surface area contributed by atoms with Crippen LogP contribution in [-0.2, 0) is 11.3 Å². The van der Waals surface area contributed by atoms with Crippen molar-refractivity contribution in [2.45, 2.75) is 13.5 Å². The van der Waals surface area contributed by atoms with Crippen molar-refractivity contribution in [1.29, 1.82) is 0 Å². The predicted molar refractivity (Wildman–Crippen MR) is 71.3 cm³/mol. The molecule has 2 aromatic rings. The van der Waals surface area contributed by atoms with E-state index in [0.29, 0.717) is 5.69 Å². The molecule has 0 radical (unpaired) electrons. The molecule has 0 atom stereocenters. The van der Waals surface area contributed by atoms with Gasteiger partial charge in [-0.25, -0.2) is 4.79 Å². The van der Waals surface area contributed by atoms with E-state index < -0.39 is 16.8 Å². The van der Waals surface area contributed by atoms with Gasteiger partial charge in [-0.15, -0.1) is 0 Å². The quantitative estimate of drug-likeness (QED) is 0.617. The molecular formula is C10H9N5O5S. The first kappa shape index (κ1) is 14.6. The smallest absolute Gasteiger partial charge is 0.389 e. The van der Waals surface area contributed by atoms with Crippen LogP contribution in [-0.4, -0.2) is 36.1 Å². The number of nitro groups is 1. The molecule has 110 valence electrons. The van der Waals surface area contributed by atoms with Gasteiger partial charge in [-0.3, -0.25) is 4.79 Å². The second-order valence-corrected chi connectivity index (χ2v) is 4.73. The van der Waals surface area contributed by atoms with Crippen LogP contribution in [0.2, 0.25) is 0 Å². The highest BCUT2D eigenvalue weighted by molar-refractivity contribution is 7.11. The number of rotatable bonds is 5. The zero-order valence-corrected chi connectivity index (χ0v) is 11.5. The Bertz CT molecular complexity index is 721. The Morgan fingerprint density at radius 2 is 2.29 bits per heavy atom. The summed E-state index contributed by atoms with van der Waals surface area (Å²) in [5, 5.41) is 25.6. The molecule has 0 aliphatic rings. The molecule has 2 rings (SSSR count). The summed E-state index contributed by atoms with van der Waals surface area (Å²) in [7, 11) is 0. The lowest BCUT2D eigenvalue weighted by Crippen LogP contribution is -2.19. The summed E-state index contributed by atoms with van der Waals surface area (Å²) in [6, 6.07) is 1.16. The molecule has 21 heavy (non-hydrogen) atoms. The standard InChI is InChI=1S/C10H9N5O5S/c1-5-8(10(17)18)9(21-13-5)11-7(16)4-14-3-2-6(12-14)15(19)20/h2-3H,4H2,1H3,(H,11,16)(H,17,18). The fourth-order valence-electron chi connectivity index (χ4n) is 1.56. The summed E-state index contributed by atoms with van der Waals surface area (Å²) in [4.78, 5) is 32.6. The number of carbonyl (C=O) groups is 2. The molecule has 0 saturated heterocycles. The molecule has 0 fully saturated rings. The Hall–Kier alpha value is -2.82. The highest BCUT2D eigenvalue weighted by Crippen LogP contribution is 2.24. The van der Waals surface area contributed by atoms with Gasteiger partial charge < -0.3 is 20.5 Å². The molecule has 2 N–H and O–H groups in total. The fourth-order valence-corrected chi connectivity index (χ4v) is 2.36. The van der Waals surface area contributed by atoms with Crippen LogP contribution in [0.15, 0.2) is 12.3 Å². The monoisotopic (exact) mass is 311 g/mol. The SMILES string of the molecule is Cc1nsc(NC(=O)Cn2ccc([N+](=O)[O-])n2)c1C(=O)O. The average molecular weight is 311 g/mol. The van der Waals surface area contributed by atoms with E-state index in [0.717, 1.165) is 22.3 Å². The van der Waals surface area contributed by atoms with Gasteiger partial charge in [-0.05, 0) is 23.4 Å². The minimum atomic E-state index is -1.19. The van der Waals surface area contributed by atoms with Crippen molar-refractivity contribution in [3.63, 3.8) is 0 Å². The van der Waals surface area contributed by atoms with Crippen molar-refractivity contribution in [2.24, 2.45) is 0 Å². The van der Waals surface area contributed by atoms with Crippen LogP contribution < -0.4 is 5.32 Å². The molecule has 1 amide bonds. The van der Waals surface area contributed by atoms with Crippen LogP contribution in [0.25, 0.3) is 0 Å². The maximum atomic E-state index is 11.8. The third-order valence-corrected chi connectivity index (χ3v) is 3.30. The highest BCUT2D eigenvalue weighted by Gasteiger charge is 2.20. The number of aryl methyl sites for hydroxylation is 1. The number of anilines is 1. The molecule has 10 nitrogen and oxygen atoms in total. The number of aromatic carboxylic acids is 1. The summed E-state index contributed by atoms with van der Waals surface area (Å²) >= 11 is 0.853. The lowest BCUT2D eigenvalue weighted by atomic mass is 10.2. The van der Waals surface area contributed by atoms with Crippen LogP contribution >= 0.6 is 11.5 Å². The third kappa shape index (κ3) is 3.20. The molecule has 2 aromatic heterocycles. The van der Waals surface area contributed by atoms with E-state index >= 15 is 0 Å². The van der Waals surface area contributed by atoms with E-state index in [4.69, 9.17) is 5.11 Å². The number of hydrogen-bond donors (Lipinski definition) is 2. The summed E-state index contributed by atoms with van der Waals surface area (Å²) in [6.45, 7) is 1.25. The van der Waals surface area contributed by atoms with Crippen molar-refractivity contribution in [2.75, 3.05) is 5.32 Å². The Kier molecular flexibility index (Phi) is 3.93. The van der Waals surface area contributed by atoms with Crippen molar-refractivity contribution in [3.8, 4) is 0 Å². The van der Waals surface area contributed by atoms with E-state index in [-0.39, 0.29) is 22.9 Å². The minimum absolute atomic E-state index is 0.0696. The van der Waals surface area contributed by atoms with Gasteiger partial charge in [0.15, 0.2) is 0 Å². The molecular weight excluding hydrogens is 302 g/mol. The van der Waals surface area contributed by atoms with E-state index in [1.807, 2.05) is 0 Å². The molecule has 0 aromatic carbocycles. The van der Waals surface area contributed by atoms with Crippen molar-refractivity contribution in [1.82, 2.24) is 14.2 Å². The van der Waals surface area contributed by atoms with Crippen LogP contribution in [0.5, 0.6) is 0 Å². The summed E-state index contributed by atoms with van der Waals surface area (Å²) in [5.41, 5.74) is 0.234. The Morgan fingerprint density at radius 1 is 1.57 bits per heavy atom. The number of carboxylic acids is 1. The van der Waals surface area contributed by atoms with E-state index in [9.17, 15) is 19.7 Å². The average Bonchev–Trinajstić information content (AvgIpc) is 2.96. The van der Waals surface area contributed by atoms with Crippen molar-refractivity contribution in [3.05, 3.63) is 33.6 Å². The normalized spacial score (nSPS) is 10.3. The Morgan fingerprint density at radius 3 is 2.86 bits per heavy atom. The molecule has 0 saturated carbocycles. The second kappa shape index (κ2) is 5.66. The van der Waals surface area contributed by atoms with E-state index in [1.54, 1.807) is 0 Å². The molecule has 0 bridgehead atoms. The molecule has 0 unspecified atom stereocenters. The van der Waals surface area contributed by atoms with E-state index in [1.165, 1.54) is 13.1 Å². The number of hydrogen-bond acceptors (Lipinski definition) is 7. The molecule has 11 heteroatoms. The number of nitrogens with one attached hydrogen (secondary N) is 1. The van der Waals surface area contributed by atoms with Gasteiger partial charge in [0.05, 0.1) is 23.1 Å². The van der Waals surface area contributed by atoms with E-state index in [2.05, 4.69) is 14.8 Å². The number of nitrogens with zero attached hydrogens (tertiary/aromatic N) is 4. The second-order valence-electron chi connectivity index (χ2n) is 3.95. The molecule has 0 aliphatic carbocycles. The van der Waals surface area contributed by atoms with Gasteiger partial charge in [0.25, 0.3) is 0 Å². The summed E-state index contributed by atoms with van der Waals surface area (Å²) in [5.74, 6) is -2.12. The first-order valence-corrected chi connectivity index (χ1v) is 6.33. The highest BCUT2D eigenvalue weighted by atomic mass is 32.1. The minimum Gasteiger partial charge on any atom is -0.478 e. The van der Waals surface area contributed by atoms with Crippen LogP contribution in [0.1, 0.15) is 16.1 Å². The van der Waals surface area contributed by atoms with Crippen LogP contribution in [0, 0.1) is 17.0 Å². The largest absolute Gasteiger partial charge is 0.478 e. The Labute approximate surface area is 121 Å². The number of amides is 1. The van der Waals surface area contributed by atoms with Gasteiger partial charge in [0, 0.05) is 0 Å².